The second kappa shape index (κ2) is 6.59. The molecule has 0 aliphatic rings. The fraction of sp³-hybridized carbons (Fsp3) is 0.286. The van der Waals surface area contributed by atoms with E-state index in [-0.39, 0.29) is 11.8 Å². The Labute approximate surface area is 106 Å². The van der Waals surface area contributed by atoms with Gasteiger partial charge in [-0.3, -0.25) is 4.79 Å². The molecule has 0 heterocycles. The van der Waals surface area contributed by atoms with Gasteiger partial charge < -0.3 is 10.4 Å². The van der Waals surface area contributed by atoms with E-state index in [0.29, 0.717) is 5.69 Å². The molecule has 0 aromatic heterocycles. The molecule has 18 heavy (non-hydrogen) atoms. The minimum absolute atomic E-state index is 0.0307. The third-order valence-electron chi connectivity index (χ3n) is 2.63. The summed E-state index contributed by atoms with van der Waals surface area (Å²) in [7, 11) is 0. The minimum Gasteiger partial charge on any atom is -0.478 e. The number of hydrogen-bond acceptors (Lipinski definition) is 2. The molecule has 0 aliphatic carbocycles. The first-order valence-corrected chi connectivity index (χ1v) is 5.85. The lowest BCUT2D eigenvalue weighted by molar-refractivity contribution is -0.131. The molecule has 96 valence electrons. The normalized spacial score (nSPS) is 12.3. The number of carboxylic acid groups (broad SMARTS) is 1. The predicted octanol–water partition coefficient (Wildman–Crippen LogP) is 2.77. The van der Waals surface area contributed by atoms with Gasteiger partial charge in [-0.15, -0.1) is 0 Å². The Bertz CT molecular complexity index is 466. The molecular formula is C14H17NO3. The van der Waals surface area contributed by atoms with Crippen molar-refractivity contribution in [1.29, 1.82) is 0 Å². The van der Waals surface area contributed by atoms with Crippen molar-refractivity contribution in [3.05, 3.63) is 35.9 Å². The minimum atomic E-state index is -0.996. The maximum atomic E-state index is 11.7. The van der Waals surface area contributed by atoms with E-state index in [1.54, 1.807) is 24.3 Å². The zero-order chi connectivity index (χ0) is 13.5. The number of carbonyl (C=O) groups excluding carboxylic acids is 1. The second-order valence-electron chi connectivity index (χ2n) is 4.10. The number of carboxylic acids is 1. The lowest BCUT2D eigenvalue weighted by Gasteiger charge is -2.10. The SMILES string of the molecule is CCC(C)C(=O)Nc1cccc(/C=C/C(=O)O)c1. The molecule has 1 atom stereocenters. The van der Waals surface area contributed by atoms with E-state index >= 15 is 0 Å². The van der Waals surface area contributed by atoms with Gasteiger partial charge in [0.2, 0.25) is 5.91 Å². The highest BCUT2D eigenvalue weighted by atomic mass is 16.4. The van der Waals surface area contributed by atoms with Crippen molar-refractivity contribution in [1.82, 2.24) is 0 Å². The fourth-order valence-corrected chi connectivity index (χ4v) is 1.34. The number of anilines is 1. The standard InChI is InChI=1S/C14H17NO3/c1-3-10(2)14(18)15-12-6-4-5-11(9-12)7-8-13(16)17/h4-10H,3H2,1-2H3,(H,15,18)(H,16,17)/b8-7+. The maximum absolute atomic E-state index is 11.7. The molecule has 1 aromatic carbocycles. The first kappa shape index (κ1) is 14.0. The van der Waals surface area contributed by atoms with Crippen LogP contribution in [0.15, 0.2) is 30.3 Å². The maximum Gasteiger partial charge on any atom is 0.328 e. The number of amides is 1. The fourth-order valence-electron chi connectivity index (χ4n) is 1.34. The van der Waals surface area contributed by atoms with Crippen molar-refractivity contribution in [3.63, 3.8) is 0 Å². The summed E-state index contributed by atoms with van der Waals surface area (Å²) in [6, 6.07) is 7.06. The van der Waals surface area contributed by atoms with Crippen LogP contribution in [0.25, 0.3) is 6.08 Å². The van der Waals surface area contributed by atoms with Gasteiger partial charge in [0.25, 0.3) is 0 Å². The van der Waals surface area contributed by atoms with Gasteiger partial charge in [-0.05, 0) is 30.2 Å². The molecule has 4 nitrogen and oxygen atoms in total. The molecule has 0 aliphatic heterocycles. The zero-order valence-electron chi connectivity index (χ0n) is 10.5. The van der Waals surface area contributed by atoms with E-state index in [4.69, 9.17) is 5.11 Å². The van der Waals surface area contributed by atoms with Crippen molar-refractivity contribution in [3.8, 4) is 0 Å². The lowest BCUT2D eigenvalue weighted by atomic mass is 10.1. The molecule has 0 spiro atoms. The summed E-state index contributed by atoms with van der Waals surface area (Å²) in [5.41, 5.74) is 1.41. The summed E-state index contributed by atoms with van der Waals surface area (Å²) in [5, 5.41) is 11.3. The van der Waals surface area contributed by atoms with Crippen LogP contribution in [0.5, 0.6) is 0 Å². The van der Waals surface area contributed by atoms with Gasteiger partial charge in [0, 0.05) is 17.7 Å². The summed E-state index contributed by atoms with van der Waals surface area (Å²) in [4.78, 5) is 22.1. The molecule has 0 saturated heterocycles. The van der Waals surface area contributed by atoms with Crippen molar-refractivity contribution < 1.29 is 14.7 Å². The Balaban J connectivity index is 2.76. The van der Waals surface area contributed by atoms with E-state index in [2.05, 4.69) is 5.32 Å². The monoisotopic (exact) mass is 247 g/mol. The molecule has 0 fully saturated rings. The predicted molar refractivity (Wildman–Crippen MR) is 71.2 cm³/mol. The highest BCUT2D eigenvalue weighted by Gasteiger charge is 2.10. The number of carbonyl (C=O) groups is 2. The largest absolute Gasteiger partial charge is 0.478 e. The van der Waals surface area contributed by atoms with Gasteiger partial charge >= 0.3 is 5.97 Å². The first-order chi connectivity index (χ1) is 8.52. The van der Waals surface area contributed by atoms with Crippen LogP contribution in [0.2, 0.25) is 0 Å². The average molecular weight is 247 g/mol. The Morgan fingerprint density at radius 2 is 2.17 bits per heavy atom. The first-order valence-electron chi connectivity index (χ1n) is 5.85. The van der Waals surface area contributed by atoms with Crippen LogP contribution in [0.3, 0.4) is 0 Å². The van der Waals surface area contributed by atoms with Crippen LogP contribution >= 0.6 is 0 Å². The van der Waals surface area contributed by atoms with E-state index in [1.807, 2.05) is 13.8 Å². The Hall–Kier alpha value is -2.10. The Morgan fingerprint density at radius 1 is 1.44 bits per heavy atom. The number of rotatable bonds is 5. The summed E-state index contributed by atoms with van der Waals surface area (Å²) in [5.74, 6) is -1.07. The summed E-state index contributed by atoms with van der Waals surface area (Å²) in [6.45, 7) is 3.82. The molecule has 0 bridgehead atoms. The van der Waals surface area contributed by atoms with Crippen LogP contribution in [0.4, 0.5) is 5.69 Å². The summed E-state index contributed by atoms with van der Waals surface area (Å²) in [6.07, 6.45) is 3.33. The van der Waals surface area contributed by atoms with Crippen LogP contribution in [0.1, 0.15) is 25.8 Å². The number of benzene rings is 1. The average Bonchev–Trinajstić information content (AvgIpc) is 2.35. The van der Waals surface area contributed by atoms with E-state index < -0.39 is 5.97 Å². The Kier molecular flexibility index (Phi) is 5.11. The molecule has 0 saturated carbocycles. The van der Waals surface area contributed by atoms with Crippen molar-refractivity contribution in [2.75, 3.05) is 5.32 Å². The van der Waals surface area contributed by atoms with Crippen LogP contribution in [-0.4, -0.2) is 17.0 Å². The number of aliphatic carboxylic acids is 1. The van der Waals surface area contributed by atoms with Gasteiger partial charge in [0.15, 0.2) is 0 Å². The molecule has 1 aromatic rings. The van der Waals surface area contributed by atoms with Gasteiger partial charge in [-0.2, -0.15) is 0 Å². The smallest absolute Gasteiger partial charge is 0.328 e. The van der Waals surface area contributed by atoms with Gasteiger partial charge in [0.1, 0.15) is 0 Å². The highest BCUT2D eigenvalue weighted by Crippen LogP contribution is 2.14. The molecule has 0 radical (unpaired) electrons. The van der Waals surface area contributed by atoms with E-state index in [0.717, 1.165) is 18.1 Å². The molecule has 2 N–H and O–H groups in total. The lowest BCUT2D eigenvalue weighted by Crippen LogP contribution is -2.19. The topological polar surface area (TPSA) is 66.4 Å². The zero-order valence-corrected chi connectivity index (χ0v) is 10.5. The highest BCUT2D eigenvalue weighted by molar-refractivity contribution is 5.92. The third-order valence-corrected chi connectivity index (χ3v) is 2.63. The van der Waals surface area contributed by atoms with Gasteiger partial charge in [-0.25, -0.2) is 4.79 Å². The quantitative estimate of drug-likeness (QED) is 0.786. The number of nitrogens with one attached hydrogen (secondary N) is 1. The van der Waals surface area contributed by atoms with E-state index in [9.17, 15) is 9.59 Å². The van der Waals surface area contributed by atoms with Crippen LogP contribution in [0, 0.1) is 5.92 Å². The molecule has 1 amide bonds. The molecule has 4 heteroatoms. The molecule has 1 unspecified atom stereocenters. The molecular weight excluding hydrogens is 230 g/mol. The second-order valence-corrected chi connectivity index (χ2v) is 4.10. The van der Waals surface area contributed by atoms with Gasteiger partial charge in [0.05, 0.1) is 0 Å². The van der Waals surface area contributed by atoms with Crippen LogP contribution in [-0.2, 0) is 9.59 Å². The summed E-state index contributed by atoms with van der Waals surface area (Å²) < 4.78 is 0. The van der Waals surface area contributed by atoms with E-state index in [1.165, 1.54) is 6.08 Å². The van der Waals surface area contributed by atoms with Crippen molar-refractivity contribution >= 4 is 23.6 Å². The van der Waals surface area contributed by atoms with Crippen molar-refractivity contribution in [2.45, 2.75) is 20.3 Å². The molecule has 1 rings (SSSR count). The van der Waals surface area contributed by atoms with Crippen LogP contribution < -0.4 is 5.32 Å². The van der Waals surface area contributed by atoms with Crippen molar-refractivity contribution in [2.24, 2.45) is 5.92 Å². The summed E-state index contributed by atoms with van der Waals surface area (Å²) >= 11 is 0. The van der Waals surface area contributed by atoms with Gasteiger partial charge in [-0.1, -0.05) is 26.0 Å². The Morgan fingerprint density at radius 3 is 2.78 bits per heavy atom. The number of hydrogen-bond donors (Lipinski definition) is 2. The third kappa shape index (κ3) is 4.41.